The van der Waals surface area contributed by atoms with Gasteiger partial charge in [0, 0.05) is 12.2 Å². The lowest BCUT2D eigenvalue weighted by atomic mass is 10.1. The molecule has 1 aliphatic rings. The first kappa shape index (κ1) is 23.9. The first-order chi connectivity index (χ1) is 15.4. The van der Waals surface area contributed by atoms with Crippen LogP contribution >= 0.6 is 23.4 Å². The fourth-order valence-electron chi connectivity index (χ4n) is 3.12. The summed E-state index contributed by atoms with van der Waals surface area (Å²) >= 11 is 7.72. The van der Waals surface area contributed by atoms with Crippen molar-refractivity contribution in [1.29, 1.82) is 0 Å². The molecule has 32 heavy (non-hydrogen) atoms. The molecule has 2 aromatic carbocycles. The second-order valence-electron chi connectivity index (χ2n) is 7.00. The van der Waals surface area contributed by atoms with Crippen LogP contribution in [0.4, 0.5) is 5.69 Å². The Morgan fingerprint density at radius 3 is 2.72 bits per heavy atom. The highest BCUT2D eigenvalue weighted by atomic mass is 35.5. The van der Waals surface area contributed by atoms with Crippen LogP contribution in [0.3, 0.4) is 0 Å². The van der Waals surface area contributed by atoms with Crippen molar-refractivity contribution >= 4 is 52.2 Å². The average molecular weight is 473 g/mol. The molecule has 6 nitrogen and oxygen atoms in total. The maximum atomic E-state index is 13.3. The van der Waals surface area contributed by atoms with Gasteiger partial charge in [0.15, 0.2) is 5.17 Å². The van der Waals surface area contributed by atoms with Crippen molar-refractivity contribution in [1.82, 2.24) is 0 Å². The van der Waals surface area contributed by atoms with E-state index < -0.39 is 0 Å². The second kappa shape index (κ2) is 11.2. The molecule has 0 atom stereocenters. The summed E-state index contributed by atoms with van der Waals surface area (Å²) in [5, 5.41) is 0.945. The minimum Gasteiger partial charge on any atom is -0.495 e. The summed E-state index contributed by atoms with van der Waals surface area (Å²) in [6.07, 6.45) is 2.73. The maximum Gasteiger partial charge on any atom is 0.305 e. The van der Waals surface area contributed by atoms with Crippen molar-refractivity contribution in [2.75, 3.05) is 24.4 Å². The third-order valence-electron chi connectivity index (χ3n) is 4.77. The van der Waals surface area contributed by atoms with Crippen LogP contribution in [-0.4, -0.2) is 36.5 Å². The fourth-order valence-corrected chi connectivity index (χ4v) is 4.33. The number of halogens is 1. The molecule has 1 heterocycles. The number of carbonyl (C=O) groups is 2. The predicted molar refractivity (Wildman–Crippen MR) is 130 cm³/mol. The predicted octanol–water partition coefficient (Wildman–Crippen LogP) is 5.48. The number of anilines is 1. The van der Waals surface area contributed by atoms with Crippen molar-refractivity contribution in [2.45, 2.75) is 26.7 Å². The van der Waals surface area contributed by atoms with Gasteiger partial charge in [0.2, 0.25) is 0 Å². The lowest BCUT2D eigenvalue weighted by Crippen LogP contribution is -2.30. The van der Waals surface area contributed by atoms with Crippen molar-refractivity contribution in [3.8, 4) is 5.75 Å². The number of methoxy groups -OCH3 is 1. The molecule has 0 unspecified atom stereocenters. The normalized spacial score (nSPS) is 14.6. The number of amides is 1. The van der Waals surface area contributed by atoms with Crippen LogP contribution in [0.25, 0.3) is 6.08 Å². The number of aliphatic imine (C=N–C) groups is 1. The number of hydrogen-bond acceptors (Lipinski definition) is 6. The van der Waals surface area contributed by atoms with Crippen LogP contribution in [0, 0.1) is 6.92 Å². The topological polar surface area (TPSA) is 68.2 Å². The molecule has 1 amide bonds. The van der Waals surface area contributed by atoms with E-state index in [4.69, 9.17) is 21.1 Å². The molecule has 0 saturated carbocycles. The molecule has 0 saturated heterocycles. The lowest BCUT2D eigenvalue weighted by Gasteiger charge is -2.18. The van der Waals surface area contributed by atoms with Crippen molar-refractivity contribution in [3.63, 3.8) is 0 Å². The van der Waals surface area contributed by atoms with E-state index in [0.29, 0.717) is 52.5 Å². The van der Waals surface area contributed by atoms with E-state index >= 15 is 0 Å². The molecular formula is C24H25ClN2O4S. The van der Waals surface area contributed by atoms with Gasteiger partial charge in [-0.25, -0.2) is 4.99 Å². The highest BCUT2D eigenvalue weighted by Crippen LogP contribution is 2.34. The van der Waals surface area contributed by atoms with Crippen molar-refractivity contribution in [2.24, 2.45) is 4.99 Å². The van der Waals surface area contributed by atoms with Crippen LogP contribution in [0.5, 0.6) is 5.75 Å². The molecule has 3 rings (SSSR count). The molecule has 8 heteroatoms. The molecule has 0 aromatic heterocycles. The van der Waals surface area contributed by atoms with E-state index in [-0.39, 0.29) is 11.9 Å². The van der Waals surface area contributed by atoms with Gasteiger partial charge in [-0.05, 0) is 55.7 Å². The Morgan fingerprint density at radius 2 is 2.03 bits per heavy atom. The maximum absolute atomic E-state index is 13.3. The van der Waals surface area contributed by atoms with E-state index in [1.807, 2.05) is 31.2 Å². The SMILES string of the molecule is CCOC(=O)CCCSC1=N/C(=C\c2ccccc2C)C(=O)N1c1ccc(OC)c(Cl)c1. The van der Waals surface area contributed by atoms with Crippen LogP contribution in [0.2, 0.25) is 5.02 Å². The van der Waals surface area contributed by atoms with E-state index in [0.717, 1.165) is 11.1 Å². The average Bonchev–Trinajstić information content (AvgIpc) is 3.08. The van der Waals surface area contributed by atoms with Crippen LogP contribution in [0.15, 0.2) is 53.2 Å². The number of carbonyl (C=O) groups excluding carboxylic acids is 2. The number of thioether (sulfide) groups is 1. The molecule has 2 aromatic rings. The summed E-state index contributed by atoms with van der Waals surface area (Å²) in [5.74, 6) is 0.681. The third kappa shape index (κ3) is 5.72. The number of nitrogens with zero attached hydrogens (tertiary/aromatic N) is 2. The Labute approximate surface area is 197 Å². The fraction of sp³-hybridized carbons (Fsp3) is 0.292. The molecule has 1 aliphatic heterocycles. The largest absolute Gasteiger partial charge is 0.495 e. The van der Waals surface area contributed by atoms with E-state index in [9.17, 15) is 9.59 Å². The minimum absolute atomic E-state index is 0.225. The van der Waals surface area contributed by atoms with Gasteiger partial charge in [0.1, 0.15) is 11.4 Å². The number of rotatable bonds is 8. The van der Waals surface area contributed by atoms with Gasteiger partial charge in [-0.2, -0.15) is 0 Å². The number of amidine groups is 1. The summed E-state index contributed by atoms with van der Waals surface area (Å²) in [5.41, 5.74) is 2.93. The third-order valence-corrected chi connectivity index (χ3v) is 6.09. The Kier molecular flexibility index (Phi) is 8.36. The minimum atomic E-state index is -0.234. The molecule has 0 spiro atoms. The van der Waals surface area contributed by atoms with Gasteiger partial charge in [-0.15, -0.1) is 0 Å². The Hall–Kier alpha value is -2.77. The summed E-state index contributed by atoms with van der Waals surface area (Å²) in [6.45, 7) is 4.14. The zero-order valence-electron chi connectivity index (χ0n) is 18.3. The van der Waals surface area contributed by atoms with Gasteiger partial charge in [-0.1, -0.05) is 47.6 Å². The first-order valence-electron chi connectivity index (χ1n) is 10.3. The smallest absolute Gasteiger partial charge is 0.305 e. The van der Waals surface area contributed by atoms with Gasteiger partial charge in [-0.3, -0.25) is 14.5 Å². The second-order valence-corrected chi connectivity index (χ2v) is 8.47. The Balaban J connectivity index is 1.86. The monoisotopic (exact) mass is 472 g/mol. The number of hydrogen-bond donors (Lipinski definition) is 0. The van der Waals surface area contributed by atoms with E-state index in [1.54, 1.807) is 36.1 Å². The number of benzene rings is 2. The summed E-state index contributed by atoms with van der Waals surface area (Å²) in [4.78, 5) is 31.1. The highest BCUT2D eigenvalue weighted by molar-refractivity contribution is 8.14. The summed E-state index contributed by atoms with van der Waals surface area (Å²) in [7, 11) is 1.54. The number of aryl methyl sites for hydroxylation is 1. The van der Waals surface area contributed by atoms with Crippen LogP contribution < -0.4 is 9.64 Å². The number of ether oxygens (including phenoxy) is 2. The molecule has 0 bridgehead atoms. The first-order valence-corrected chi connectivity index (χ1v) is 11.6. The Morgan fingerprint density at radius 1 is 1.25 bits per heavy atom. The standard InChI is InChI=1S/C24H25ClN2O4S/c1-4-31-22(28)10-7-13-32-24-26-20(14-17-9-6-5-8-16(17)2)23(29)27(24)18-11-12-21(30-3)19(25)15-18/h5-6,8-9,11-12,14-15H,4,7,10,13H2,1-3H3/b20-14-. The molecule has 0 aliphatic carbocycles. The van der Waals surface area contributed by atoms with E-state index in [2.05, 4.69) is 4.99 Å². The van der Waals surface area contributed by atoms with Gasteiger partial charge in [0.05, 0.1) is 24.4 Å². The Bertz CT molecular complexity index is 1070. The zero-order valence-corrected chi connectivity index (χ0v) is 19.8. The van der Waals surface area contributed by atoms with Crippen LogP contribution in [0.1, 0.15) is 30.9 Å². The molecule has 168 valence electrons. The molecular weight excluding hydrogens is 448 g/mol. The van der Waals surface area contributed by atoms with Crippen molar-refractivity contribution in [3.05, 3.63) is 64.3 Å². The van der Waals surface area contributed by atoms with Crippen molar-refractivity contribution < 1.29 is 19.1 Å². The summed E-state index contributed by atoms with van der Waals surface area (Å²) in [6, 6.07) is 13.0. The quantitative estimate of drug-likeness (QED) is 0.289. The van der Waals surface area contributed by atoms with Crippen LogP contribution in [-0.2, 0) is 14.3 Å². The molecule has 0 N–H and O–H groups in total. The van der Waals surface area contributed by atoms with Gasteiger partial charge in [0.25, 0.3) is 5.91 Å². The van der Waals surface area contributed by atoms with E-state index in [1.165, 1.54) is 18.9 Å². The summed E-state index contributed by atoms with van der Waals surface area (Å²) < 4.78 is 10.2. The van der Waals surface area contributed by atoms with Gasteiger partial charge < -0.3 is 9.47 Å². The lowest BCUT2D eigenvalue weighted by molar-refractivity contribution is -0.143. The zero-order chi connectivity index (χ0) is 23.1. The highest BCUT2D eigenvalue weighted by Gasteiger charge is 2.32. The van der Waals surface area contributed by atoms with Gasteiger partial charge >= 0.3 is 5.97 Å². The number of esters is 1. The molecule has 0 fully saturated rings. The molecule has 0 radical (unpaired) electrons.